The van der Waals surface area contributed by atoms with Crippen molar-refractivity contribution in [2.45, 2.75) is 20.3 Å². The lowest BCUT2D eigenvalue weighted by Gasteiger charge is -2.37. The van der Waals surface area contributed by atoms with Gasteiger partial charge < -0.3 is 15.5 Å². The summed E-state index contributed by atoms with van der Waals surface area (Å²) in [6.45, 7) is 11.0. The van der Waals surface area contributed by atoms with Gasteiger partial charge in [0.2, 0.25) is 5.91 Å². The molecule has 24 heavy (non-hydrogen) atoms. The van der Waals surface area contributed by atoms with Crippen molar-refractivity contribution in [1.82, 2.24) is 9.80 Å². The molecule has 132 valence electrons. The van der Waals surface area contributed by atoms with E-state index in [0.717, 1.165) is 45.7 Å². The van der Waals surface area contributed by atoms with Crippen molar-refractivity contribution in [2.75, 3.05) is 57.3 Å². The van der Waals surface area contributed by atoms with E-state index in [4.69, 9.17) is 5.73 Å². The summed E-state index contributed by atoms with van der Waals surface area (Å²) in [6, 6.07) is 8.59. The number of rotatable bonds is 4. The van der Waals surface area contributed by atoms with Crippen LogP contribution in [-0.4, -0.2) is 68.1 Å². The number of carbonyl (C=O) groups excluding carboxylic acids is 1. The Morgan fingerprint density at radius 2 is 1.96 bits per heavy atom. The molecule has 2 heterocycles. The highest BCUT2D eigenvalue weighted by Crippen LogP contribution is 2.28. The number of piperazine rings is 1. The van der Waals surface area contributed by atoms with E-state index < -0.39 is 0 Å². The molecular weight excluding hydrogens is 300 g/mol. The molecule has 2 aliphatic heterocycles. The monoisotopic (exact) mass is 330 g/mol. The van der Waals surface area contributed by atoms with Gasteiger partial charge in [0, 0.05) is 38.4 Å². The van der Waals surface area contributed by atoms with Crippen LogP contribution in [0.1, 0.15) is 18.9 Å². The number of anilines is 1. The zero-order valence-electron chi connectivity index (χ0n) is 15.0. The van der Waals surface area contributed by atoms with Crippen LogP contribution in [0.5, 0.6) is 0 Å². The molecule has 2 aliphatic rings. The molecule has 0 aromatic heterocycles. The van der Waals surface area contributed by atoms with Crippen LogP contribution < -0.4 is 10.6 Å². The summed E-state index contributed by atoms with van der Waals surface area (Å²) < 4.78 is 0. The lowest BCUT2D eigenvalue weighted by atomic mass is 9.90. The fraction of sp³-hybridized carbons (Fsp3) is 0.632. The smallest absolute Gasteiger partial charge is 0.236 e. The minimum absolute atomic E-state index is 0.185. The summed E-state index contributed by atoms with van der Waals surface area (Å²) in [5.74, 6) is 0.264. The quantitative estimate of drug-likeness (QED) is 0.904. The fourth-order valence-corrected chi connectivity index (χ4v) is 3.76. The van der Waals surface area contributed by atoms with E-state index in [1.807, 2.05) is 4.90 Å². The average molecular weight is 330 g/mol. The molecule has 1 amide bonds. The highest BCUT2D eigenvalue weighted by molar-refractivity contribution is 5.78. The molecule has 2 fully saturated rings. The molecule has 1 atom stereocenters. The molecule has 0 aliphatic carbocycles. The standard InChI is InChI=1S/C19H30N4O/c1-16-4-3-5-17(12-16)22-8-10-23(11-9-22)18(24)13-21-7-6-19(2,14-20)15-21/h3-5,12H,6-11,13-15,20H2,1-2H3. The Labute approximate surface area is 145 Å². The summed E-state index contributed by atoms with van der Waals surface area (Å²) in [5, 5.41) is 0. The lowest BCUT2D eigenvalue weighted by Crippen LogP contribution is -2.51. The van der Waals surface area contributed by atoms with Crippen molar-refractivity contribution in [3.05, 3.63) is 29.8 Å². The molecule has 0 radical (unpaired) electrons. The van der Waals surface area contributed by atoms with E-state index in [1.165, 1.54) is 11.3 Å². The van der Waals surface area contributed by atoms with Crippen molar-refractivity contribution >= 4 is 11.6 Å². The molecule has 0 saturated carbocycles. The number of nitrogens with zero attached hydrogens (tertiary/aromatic N) is 3. The second kappa shape index (κ2) is 7.11. The van der Waals surface area contributed by atoms with E-state index in [2.05, 4.69) is 47.9 Å². The lowest BCUT2D eigenvalue weighted by molar-refractivity contribution is -0.132. The van der Waals surface area contributed by atoms with E-state index >= 15 is 0 Å². The number of hydrogen-bond donors (Lipinski definition) is 1. The molecule has 1 unspecified atom stereocenters. The Morgan fingerprint density at radius 3 is 2.58 bits per heavy atom. The second-order valence-corrected chi connectivity index (χ2v) is 7.68. The Hall–Kier alpha value is -1.59. The fourth-order valence-electron chi connectivity index (χ4n) is 3.76. The first-order chi connectivity index (χ1) is 11.5. The van der Waals surface area contributed by atoms with Crippen LogP contribution in [0.15, 0.2) is 24.3 Å². The molecule has 1 aromatic carbocycles. The highest BCUT2D eigenvalue weighted by atomic mass is 16.2. The number of aryl methyl sites for hydroxylation is 1. The average Bonchev–Trinajstić information content (AvgIpc) is 2.96. The zero-order chi connectivity index (χ0) is 17.2. The molecule has 5 nitrogen and oxygen atoms in total. The zero-order valence-corrected chi connectivity index (χ0v) is 15.0. The third-order valence-corrected chi connectivity index (χ3v) is 5.49. The Bertz CT molecular complexity index is 582. The summed E-state index contributed by atoms with van der Waals surface area (Å²) >= 11 is 0. The number of likely N-dealkylation sites (tertiary alicyclic amines) is 1. The first-order valence-corrected chi connectivity index (χ1v) is 9.01. The maximum atomic E-state index is 12.6. The van der Waals surface area contributed by atoms with Crippen LogP contribution >= 0.6 is 0 Å². The first-order valence-electron chi connectivity index (χ1n) is 9.01. The maximum absolute atomic E-state index is 12.6. The van der Waals surface area contributed by atoms with Crippen molar-refractivity contribution < 1.29 is 4.79 Å². The van der Waals surface area contributed by atoms with Gasteiger partial charge in [0.15, 0.2) is 0 Å². The second-order valence-electron chi connectivity index (χ2n) is 7.68. The SMILES string of the molecule is Cc1cccc(N2CCN(C(=O)CN3CCC(C)(CN)C3)CC2)c1. The molecule has 3 rings (SSSR count). The molecule has 2 N–H and O–H groups in total. The predicted molar refractivity (Wildman–Crippen MR) is 98.2 cm³/mol. The van der Waals surface area contributed by atoms with Gasteiger partial charge >= 0.3 is 0 Å². The van der Waals surface area contributed by atoms with Crippen LogP contribution in [0.4, 0.5) is 5.69 Å². The van der Waals surface area contributed by atoms with Crippen LogP contribution in [0.3, 0.4) is 0 Å². The molecule has 5 heteroatoms. The van der Waals surface area contributed by atoms with Gasteiger partial charge in [-0.25, -0.2) is 0 Å². The van der Waals surface area contributed by atoms with Crippen LogP contribution in [-0.2, 0) is 4.79 Å². The highest BCUT2D eigenvalue weighted by Gasteiger charge is 2.34. The molecular formula is C19H30N4O. The van der Waals surface area contributed by atoms with Gasteiger partial charge in [0.1, 0.15) is 0 Å². The van der Waals surface area contributed by atoms with Gasteiger partial charge in [-0.05, 0) is 49.5 Å². The van der Waals surface area contributed by atoms with Crippen LogP contribution in [0, 0.1) is 12.3 Å². The Balaban J connectivity index is 1.49. The topological polar surface area (TPSA) is 52.8 Å². The van der Waals surface area contributed by atoms with E-state index in [1.54, 1.807) is 0 Å². The van der Waals surface area contributed by atoms with Crippen molar-refractivity contribution in [1.29, 1.82) is 0 Å². The number of benzene rings is 1. The first kappa shape index (κ1) is 17.2. The summed E-state index contributed by atoms with van der Waals surface area (Å²) in [7, 11) is 0. The third kappa shape index (κ3) is 3.90. The van der Waals surface area contributed by atoms with E-state index in [0.29, 0.717) is 13.1 Å². The summed E-state index contributed by atoms with van der Waals surface area (Å²) in [4.78, 5) is 19.2. The number of amides is 1. The van der Waals surface area contributed by atoms with Gasteiger partial charge in [-0.2, -0.15) is 0 Å². The minimum atomic E-state index is 0.185. The van der Waals surface area contributed by atoms with Crippen molar-refractivity contribution in [2.24, 2.45) is 11.1 Å². The van der Waals surface area contributed by atoms with Crippen LogP contribution in [0.2, 0.25) is 0 Å². The Kier molecular flexibility index (Phi) is 5.11. The number of nitrogens with two attached hydrogens (primary N) is 1. The minimum Gasteiger partial charge on any atom is -0.368 e. The summed E-state index contributed by atoms with van der Waals surface area (Å²) in [5.41, 5.74) is 8.59. The molecule has 1 aromatic rings. The largest absolute Gasteiger partial charge is 0.368 e. The molecule has 0 bridgehead atoms. The molecule has 0 spiro atoms. The number of hydrogen-bond acceptors (Lipinski definition) is 4. The summed E-state index contributed by atoms with van der Waals surface area (Å²) in [6.07, 6.45) is 1.10. The predicted octanol–water partition coefficient (Wildman–Crippen LogP) is 1.31. The van der Waals surface area contributed by atoms with Gasteiger partial charge in [0.25, 0.3) is 0 Å². The van der Waals surface area contributed by atoms with Gasteiger partial charge in [0.05, 0.1) is 6.54 Å². The number of carbonyl (C=O) groups is 1. The normalized spacial score (nSPS) is 25.3. The molecule has 2 saturated heterocycles. The van der Waals surface area contributed by atoms with E-state index in [-0.39, 0.29) is 11.3 Å². The Morgan fingerprint density at radius 1 is 1.21 bits per heavy atom. The van der Waals surface area contributed by atoms with Gasteiger partial charge in [-0.3, -0.25) is 9.69 Å². The maximum Gasteiger partial charge on any atom is 0.236 e. The third-order valence-electron chi connectivity index (χ3n) is 5.49. The van der Waals surface area contributed by atoms with Crippen LogP contribution in [0.25, 0.3) is 0 Å². The van der Waals surface area contributed by atoms with Gasteiger partial charge in [-0.1, -0.05) is 19.1 Å². The van der Waals surface area contributed by atoms with Crippen molar-refractivity contribution in [3.63, 3.8) is 0 Å². The van der Waals surface area contributed by atoms with Crippen molar-refractivity contribution in [3.8, 4) is 0 Å². The van der Waals surface area contributed by atoms with Gasteiger partial charge in [-0.15, -0.1) is 0 Å². The van der Waals surface area contributed by atoms with E-state index in [9.17, 15) is 4.79 Å².